The zero-order valence-corrected chi connectivity index (χ0v) is 9.34. The van der Waals surface area contributed by atoms with Crippen LogP contribution in [0.5, 0.6) is 0 Å². The van der Waals surface area contributed by atoms with Crippen LogP contribution in [0.2, 0.25) is 0 Å². The molecule has 4 nitrogen and oxygen atoms in total. The van der Waals surface area contributed by atoms with Gasteiger partial charge in [0.2, 0.25) is 0 Å². The smallest absolute Gasteiger partial charge is 0.407 e. The van der Waals surface area contributed by atoms with Crippen molar-refractivity contribution in [3.05, 3.63) is 30.3 Å². The van der Waals surface area contributed by atoms with E-state index in [9.17, 15) is 4.79 Å². The maximum atomic E-state index is 10.9. The molecule has 1 heterocycles. The molecule has 1 aliphatic rings. The van der Waals surface area contributed by atoms with E-state index < -0.39 is 6.09 Å². The molecule has 4 heteroatoms. The summed E-state index contributed by atoms with van der Waals surface area (Å²) in [5, 5.41) is 8.97. The van der Waals surface area contributed by atoms with Crippen LogP contribution in [0.3, 0.4) is 0 Å². The highest BCUT2D eigenvalue weighted by atomic mass is 16.4. The van der Waals surface area contributed by atoms with Gasteiger partial charge in [-0.05, 0) is 19.1 Å². The summed E-state index contributed by atoms with van der Waals surface area (Å²) in [6.45, 7) is 4.05. The number of piperazine rings is 1. The first-order valence-electron chi connectivity index (χ1n) is 5.48. The van der Waals surface area contributed by atoms with Crippen molar-refractivity contribution in [3.63, 3.8) is 0 Å². The van der Waals surface area contributed by atoms with E-state index in [1.54, 1.807) is 0 Å². The summed E-state index contributed by atoms with van der Waals surface area (Å²) >= 11 is 0. The van der Waals surface area contributed by atoms with Crippen LogP contribution in [0.15, 0.2) is 30.3 Å². The third kappa shape index (κ3) is 2.10. The third-order valence-corrected chi connectivity index (χ3v) is 2.99. The van der Waals surface area contributed by atoms with Gasteiger partial charge in [-0.3, -0.25) is 0 Å². The Morgan fingerprint density at radius 1 is 1.31 bits per heavy atom. The quantitative estimate of drug-likeness (QED) is 0.785. The zero-order valence-electron chi connectivity index (χ0n) is 9.34. The first-order valence-corrected chi connectivity index (χ1v) is 5.48. The minimum atomic E-state index is -0.819. The van der Waals surface area contributed by atoms with Gasteiger partial charge >= 0.3 is 6.09 Å². The number of hydrogen-bond donors (Lipinski definition) is 1. The Bertz CT molecular complexity index is 367. The van der Waals surface area contributed by atoms with Gasteiger partial charge in [-0.25, -0.2) is 4.79 Å². The number of carboxylic acid groups (broad SMARTS) is 1. The van der Waals surface area contributed by atoms with Gasteiger partial charge in [-0.15, -0.1) is 0 Å². The minimum absolute atomic E-state index is 0.0476. The number of nitrogens with zero attached hydrogens (tertiary/aromatic N) is 2. The molecular weight excluding hydrogens is 204 g/mol. The lowest BCUT2D eigenvalue weighted by atomic mass is 10.2. The average Bonchev–Trinajstić information content (AvgIpc) is 2.29. The Morgan fingerprint density at radius 2 is 2.00 bits per heavy atom. The van der Waals surface area contributed by atoms with Gasteiger partial charge < -0.3 is 14.9 Å². The number of amides is 1. The maximum Gasteiger partial charge on any atom is 0.407 e. The van der Waals surface area contributed by atoms with Crippen LogP contribution in [-0.4, -0.2) is 41.8 Å². The number of anilines is 1. The fraction of sp³-hybridized carbons (Fsp3) is 0.417. The Morgan fingerprint density at radius 3 is 2.56 bits per heavy atom. The summed E-state index contributed by atoms with van der Waals surface area (Å²) in [7, 11) is 0. The predicted octanol–water partition coefficient (Wildman–Crippen LogP) is 1.88. The molecule has 1 fully saturated rings. The summed E-state index contributed by atoms with van der Waals surface area (Å²) < 4.78 is 0. The van der Waals surface area contributed by atoms with E-state index in [2.05, 4.69) is 17.0 Å². The van der Waals surface area contributed by atoms with Crippen LogP contribution in [0, 0.1) is 0 Å². The van der Waals surface area contributed by atoms with Crippen molar-refractivity contribution in [2.24, 2.45) is 0 Å². The molecule has 1 aromatic carbocycles. The van der Waals surface area contributed by atoms with Gasteiger partial charge in [0.15, 0.2) is 0 Å². The van der Waals surface area contributed by atoms with E-state index in [-0.39, 0.29) is 6.04 Å². The molecular formula is C12H16N2O2. The molecule has 0 aromatic heterocycles. The number of hydrogen-bond acceptors (Lipinski definition) is 2. The molecule has 16 heavy (non-hydrogen) atoms. The monoisotopic (exact) mass is 220 g/mol. The number of carbonyl (C=O) groups is 1. The molecule has 0 bridgehead atoms. The van der Waals surface area contributed by atoms with Crippen molar-refractivity contribution < 1.29 is 9.90 Å². The molecule has 1 aromatic rings. The SMILES string of the molecule is CC1CN(c2ccccc2)CCN1C(=O)O. The average molecular weight is 220 g/mol. The molecule has 0 aliphatic carbocycles. The Labute approximate surface area is 95.1 Å². The Hall–Kier alpha value is -1.71. The molecule has 1 amide bonds. The van der Waals surface area contributed by atoms with Crippen LogP contribution >= 0.6 is 0 Å². The van der Waals surface area contributed by atoms with Crippen LogP contribution < -0.4 is 4.90 Å². The maximum absolute atomic E-state index is 10.9. The Balaban J connectivity index is 2.05. The van der Waals surface area contributed by atoms with Crippen molar-refractivity contribution >= 4 is 11.8 Å². The molecule has 0 spiro atoms. The van der Waals surface area contributed by atoms with Crippen molar-refractivity contribution in [1.82, 2.24) is 4.90 Å². The normalized spacial score (nSPS) is 20.9. The summed E-state index contributed by atoms with van der Waals surface area (Å²) in [5.74, 6) is 0. The molecule has 1 aliphatic heterocycles. The van der Waals surface area contributed by atoms with Gasteiger partial charge in [-0.2, -0.15) is 0 Å². The van der Waals surface area contributed by atoms with Crippen LogP contribution in [0.1, 0.15) is 6.92 Å². The van der Waals surface area contributed by atoms with E-state index in [0.29, 0.717) is 6.54 Å². The molecule has 1 saturated heterocycles. The van der Waals surface area contributed by atoms with Crippen molar-refractivity contribution in [2.75, 3.05) is 24.5 Å². The second kappa shape index (κ2) is 4.43. The summed E-state index contributed by atoms with van der Waals surface area (Å²) in [4.78, 5) is 14.6. The minimum Gasteiger partial charge on any atom is -0.465 e. The number of para-hydroxylation sites is 1. The van der Waals surface area contributed by atoms with Crippen molar-refractivity contribution in [2.45, 2.75) is 13.0 Å². The van der Waals surface area contributed by atoms with Crippen LogP contribution in [-0.2, 0) is 0 Å². The van der Waals surface area contributed by atoms with E-state index in [0.717, 1.165) is 13.1 Å². The van der Waals surface area contributed by atoms with Gasteiger partial charge in [-0.1, -0.05) is 18.2 Å². The molecule has 0 saturated carbocycles. The van der Waals surface area contributed by atoms with E-state index in [1.807, 2.05) is 25.1 Å². The van der Waals surface area contributed by atoms with Crippen LogP contribution in [0.25, 0.3) is 0 Å². The molecule has 1 atom stereocenters. The highest BCUT2D eigenvalue weighted by Crippen LogP contribution is 2.18. The van der Waals surface area contributed by atoms with Crippen molar-refractivity contribution in [1.29, 1.82) is 0 Å². The van der Waals surface area contributed by atoms with Crippen LogP contribution in [0.4, 0.5) is 10.5 Å². The molecule has 1 unspecified atom stereocenters. The summed E-state index contributed by atoms with van der Waals surface area (Å²) in [6, 6.07) is 10.2. The van der Waals surface area contributed by atoms with Gasteiger partial charge in [0.1, 0.15) is 0 Å². The van der Waals surface area contributed by atoms with Crippen molar-refractivity contribution in [3.8, 4) is 0 Å². The molecule has 86 valence electrons. The molecule has 2 rings (SSSR count). The lowest BCUT2D eigenvalue weighted by Crippen LogP contribution is -2.53. The lowest BCUT2D eigenvalue weighted by molar-refractivity contribution is 0.122. The largest absolute Gasteiger partial charge is 0.465 e. The first kappa shape index (κ1) is 10.8. The van der Waals surface area contributed by atoms with Gasteiger partial charge in [0.05, 0.1) is 0 Å². The zero-order chi connectivity index (χ0) is 11.5. The fourth-order valence-electron chi connectivity index (χ4n) is 2.12. The topological polar surface area (TPSA) is 43.8 Å². The first-order chi connectivity index (χ1) is 7.68. The molecule has 0 radical (unpaired) electrons. The highest BCUT2D eigenvalue weighted by Gasteiger charge is 2.26. The lowest BCUT2D eigenvalue weighted by Gasteiger charge is -2.39. The summed E-state index contributed by atoms with van der Waals surface area (Å²) in [6.07, 6.45) is -0.819. The number of benzene rings is 1. The highest BCUT2D eigenvalue weighted by molar-refractivity contribution is 5.66. The van der Waals surface area contributed by atoms with E-state index in [4.69, 9.17) is 5.11 Å². The Kier molecular flexibility index (Phi) is 2.99. The predicted molar refractivity (Wildman–Crippen MR) is 62.8 cm³/mol. The number of rotatable bonds is 1. The van der Waals surface area contributed by atoms with Gasteiger partial charge in [0.25, 0.3) is 0 Å². The standard InChI is InChI=1S/C12H16N2O2/c1-10-9-13(7-8-14(10)12(15)16)11-5-3-2-4-6-11/h2-6,10H,7-9H2,1H3,(H,15,16). The third-order valence-electron chi connectivity index (χ3n) is 2.99. The second-order valence-corrected chi connectivity index (χ2v) is 4.11. The fourth-order valence-corrected chi connectivity index (χ4v) is 2.12. The van der Waals surface area contributed by atoms with E-state index in [1.165, 1.54) is 10.6 Å². The van der Waals surface area contributed by atoms with Gasteiger partial charge in [0, 0.05) is 31.4 Å². The molecule has 1 N–H and O–H groups in total. The van der Waals surface area contributed by atoms with E-state index >= 15 is 0 Å². The summed E-state index contributed by atoms with van der Waals surface area (Å²) in [5.41, 5.74) is 1.17. The second-order valence-electron chi connectivity index (χ2n) is 4.11.